The van der Waals surface area contributed by atoms with Crippen LogP contribution in [0.4, 0.5) is 0 Å². The first-order valence-corrected chi connectivity index (χ1v) is 9.37. The van der Waals surface area contributed by atoms with Crippen LogP contribution in [0.3, 0.4) is 0 Å². The summed E-state index contributed by atoms with van der Waals surface area (Å²) in [5, 5.41) is 5.39. The van der Waals surface area contributed by atoms with E-state index >= 15 is 0 Å². The van der Waals surface area contributed by atoms with Crippen molar-refractivity contribution in [3.63, 3.8) is 0 Å². The topological polar surface area (TPSA) is 56.5 Å². The van der Waals surface area contributed by atoms with Gasteiger partial charge in [0.1, 0.15) is 5.92 Å². The zero-order valence-corrected chi connectivity index (χ0v) is 16.0. The van der Waals surface area contributed by atoms with Crippen LogP contribution in [0.1, 0.15) is 24.1 Å². The van der Waals surface area contributed by atoms with Gasteiger partial charge in [0.15, 0.2) is 5.65 Å². The number of hydrogen-bond acceptors (Lipinski definition) is 4. The van der Waals surface area contributed by atoms with Crippen LogP contribution in [0.25, 0.3) is 16.9 Å². The van der Waals surface area contributed by atoms with E-state index < -0.39 is 5.92 Å². The number of carbonyl (C=O) groups excluding carboxylic acids is 1. The lowest BCUT2D eigenvalue weighted by molar-refractivity contribution is -0.144. The van der Waals surface area contributed by atoms with Gasteiger partial charge in [0, 0.05) is 10.6 Å². The molecule has 0 aliphatic rings. The Kier molecular flexibility index (Phi) is 5.08. The molecule has 2 heterocycles. The number of aromatic nitrogens is 3. The molecule has 4 aromatic rings. The average Bonchev–Trinajstić information content (AvgIpc) is 3.13. The fraction of sp³-hybridized carbons (Fsp3) is 0.136. The van der Waals surface area contributed by atoms with Crippen LogP contribution in [0.15, 0.2) is 72.9 Å². The highest BCUT2D eigenvalue weighted by Gasteiger charge is 2.28. The first-order chi connectivity index (χ1) is 13.7. The first-order valence-electron chi connectivity index (χ1n) is 8.99. The molecule has 0 N–H and O–H groups in total. The van der Waals surface area contributed by atoms with Gasteiger partial charge >= 0.3 is 5.97 Å². The van der Waals surface area contributed by atoms with Gasteiger partial charge in [-0.1, -0.05) is 54.1 Å². The molecule has 0 saturated carbocycles. The summed E-state index contributed by atoms with van der Waals surface area (Å²) in [5.74, 6) is -0.932. The van der Waals surface area contributed by atoms with Crippen molar-refractivity contribution in [3.8, 4) is 11.3 Å². The summed E-state index contributed by atoms with van der Waals surface area (Å²) in [4.78, 5) is 17.2. The number of rotatable bonds is 5. The number of nitrogens with zero attached hydrogens (tertiary/aromatic N) is 3. The van der Waals surface area contributed by atoms with Crippen LogP contribution in [-0.4, -0.2) is 27.2 Å². The zero-order chi connectivity index (χ0) is 19.5. The van der Waals surface area contributed by atoms with Gasteiger partial charge in [-0.2, -0.15) is 5.10 Å². The Bertz CT molecular complexity index is 1110. The van der Waals surface area contributed by atoms with Crippen LogP contribution in [0.2, 0.25) is 5.02 Å². The van der Waals surface area contributed by atoms with Gasteiger partial charge in [-0.15, -0.1) is 0 Å². The Morgan fingerprint density at radius 2 is 1.82 bits per heavy atom. The van der Waals surface area contributed by atoms with Gasteiger partial charge in [0.2, 0.25) is 0 Å². The van der Waals surface area contributed by atoms with Gasteiger partial charge in [0.25, 0.3) is 0 Å². The molecule has 0 saturated heterocycles. The Morgan fingerprint density at radius 3 is 2.54 bits per heavy atom. The fourth-order valence-electron chi connectivity index (χ4n) is 3.16. The molecule has 0 aliphatic heterocycles. The Morgan fingerprint density at radius 1 is 1.07 bits per heavy atom. The third-order valence-electron chi connectivity index (χ3n) is 4.48. The van der Waals surface area contributed by atoms with Crippen molar-refractivity contribution in [1.29, 1.82) is 0 Å². The summed E-state index contributed by atoms with van der Waals surface area (Å²) in [7, 11) is 0. The van der Waals surface area contributed by atoms with Crippen LogP contribution < -0.4 is 0 Å². The van der Waals surface area contributed by atoms with Gasteiger partial charge in [0.05, 0.1) is 24.2 Å². The molecular weight excluding hydrogens is 374 g/mol. The summed E-state index contributed by atoms with van der Waals surface area (Å²) in [5.41, 5.74) is 3.85. The maximum absolute atomic E-state index is 12.8. The number of benzene rings is 2. The van der Waals surface area contributed by atoms with E-state index in [-0.39, 0.29) is 5.97 Å². The molecule has 2 aromatic carbocycles. The van der Waals surface area contributed by atoms with E-state index in [9.17, 15) is 4.79 Å². The van der Waals surface area contributed by atoms with E-state index in [4.69, 9.17) is 21.4 Å². The Hall–Kier alpha value is -3.18. The van der Waals surface area contributed by atoms with Crippen molar-refractivity contribution in [2.75, 3.05) is 6.61 Å². The summed E-state index contributed by atoms with van der Waals surface area (Å²) >= 11 is 5.99. The quantitative estimate of drug-likeness (QED) is 0.461. The number of ether oxygens (including phenoxy) is 1. The van der Waals surface area contributed by atoms with Gasteiger partial charge in [-0.05, 0) is 36.8 Å². The highest BCUT2D eigenvalue weighted by atomic mass is 35.5. The van der Waals surface area contributed by atoms with Crippen LogP contribution in [-0.2, 0) is 9.53 Å². The molecule has 4 rings (SSSR count). The van der Waals surface area contributed by atoms with Crippen LogP contribution in [0.5, 0.6) is 0 Å². The molecule has 0 radical (unpaired) electrons. The summed E-state index contributed by atoms with van der Waals surface area (Å²) in [6.07, 6.45) is 1.68. The number of esters is 1. The minimum absolute atomic E-state index is 0.308. The molecule has 0 fully saturated rings. The van der Waals surface area contributed by atoms with Crippen molar-refractivity contribution in [2.45, 2.75) is 12.8 Å². The molecule has 1 atom stereocenters. The second-order valence-corrected chi connectivity index (χ2v) is 6.71. The predicted octanol–water partition coefficient (Wildman–Crippen LogP) is 4.74. The van der Waals surface area contributed by atoms with E-state index in [1.807, 2.05) is 66.7 Å². The largest absolute Gasteiger partial charge is 0.465 e. The van der Waals surface area contributed by atoms with Crippen molar-refractivity contribution in [1.82, 2.24) is 14.6 Å². The lowest BCUT2D eigenvalue weighted by Crippen LogP contribution is -2.19. The molecule has 6 heteroatoms. The van der Waals surface area contributed by atoms with Crippen LogP contribution in [0, 0.1) is 0 Å². The van der Waals surface area contributed by atoms with Gasteiger partial charge in [-0.3, -0.25) is 4.79 Å². The van der Waals surface area contributed by atoms with Crippen molar-refractivity contribution in [2.24, 2.45) is 0 Å². The van der Waals surface area contributed by atoms with E-state index in [1.54, 1.807) is 17.6 Å². The normalized spacial score (nSPS) is 12.1. The standard InChI is InChI=1S/C22H18ClN3O2/c1-2-28-22(27)21(16-6-4-3-5-7-16)19-14-24-20-13-12-18(25-26(19)20)15-8-10-17(23)11-9-15/h3-14,21H,2H2,1H3. The molecule has 0 aliphatic carbocycles. The van der Waals surface area contributed by atoms with E-state index in [0.29, 0.717) is 23.0 Å². The molecule has 28 heavy (non-hydrogen) atoms. The minimum atomic E-state index is -0.607. The third kappa shape index (κ3) is 3.49. The summed E-state index contributed by atoms with van der Waals surface area (Å²) in [6.45, 7) is 2.10. The predicted molar refractivity (Wildman–Crippen MR) is 108 cm³/mol. The highest BCUT2D eigenvalue weighted by molar-refractivity contribution is 6.30. The summed E-state index contributed by atoms with van der Waals surface area (Å²) < 4.78 is 7.04. The van der Waals surface area contributed by atoms with Gasteiger partial charge in [-0.25, -0.2) is 9.50 Å². The van der Waals surface area contributed by atoms with Gasteiger partial charge < -0.3 is 4.74 Å². The average molecular weight is 392 g/mol. The fourth-order valence-corrected chi connectivity index (χ4v) is 3.29. The molecule has 0 bridgehead atoms. The molecule has 0 spiro atoms. The number of hydrogen-bond donors (Lipinski definition) is 0. The molecule has 2 aromatic heterocycles. The second kappa shape index (κ2) is 7.82. The smallest absolute Gasteiger partial charge is 0.319 e. The molecule has 0 amide bonds. The number of fused-ring (bicyclic) bond motifs is 1. The van der Waals surface area contributed by atoms with E-state index in [1.165, 1.54) is 0 Å². The lowest BCUT2D eigenvalue weighted by Gasteiger charge is -2.15. The third-order valence-corrected chi connectivity index (χ3v) is 4.73. The molecular formula is C22H18ClN3O2. The maximum atomic E-state index is 12.8. The SMILES string of the molecule is CCOC(=O)C(c1ccccc1)c1cnc2ccc(-c3ccc(Cl)cc3)nn12. The first kappa shape index (κ1) is 18.2. The summed E-state index contributed by atoms with van der Waals surface area (Å²) in [6, 6.07) is 20.8. The zero-order valence-electron chi connectivity index (χ0n) is 15.2. The molecule has 1 unspecified atom stereocenters. The van der Waals surface area contributed by atoms with Crippen LogP contribution >= 0.6 is 11.6 Å². The molecule has 140 valence electrons. The van der Waals surface area contributed by atoms with E-state index in [0.717, 1.165) is 16.8 Å². The lowest BCUT2D eigenvalue weighted by atomic mass is 9.96. The van der Waals surface area contributed by atoms with Crippen molar-refractivity contribution >= 4 is 23.2 Å². The monoisotopic (exact) mass is 391 g/mol. The van der Waals surface area contributed by atoms with E-state index in [2.05, 4.69) is 4.98 Å². The molecule has 5 nitrogen and oxygen atoms in total. The minimum Gasteiger partial charge on any atom is -0.465 e. The maximum Gasteiger partial charge on any atom is 0.319 e. The highest BCUT2D eigenvalue weighted by Crippen LogP contribution is 2.28. The number of halogens is 1. The second-order valence-electron chi connectivity index (χ2n) is 6.27. The van der Waals surface area contributed by atoms with Crippen molar-refractivity contribution in [3.05, 3.63) is 89.2 Å². The van der Waals surface area contributed by atoms with Crippen molar-refractivity contribution < 1.29 is 9.53 Å². The number of imidazole rings is 1. The Labute approximate surface area is 167 Å². The number of carbonyl (C=O) groups is 1. The Balaban J connectivity index is 1.84.